The molecule has 1 aromatic carbocycles. The van der Waals surface area contributed by atoms with Crippen molar-refractivity contribution in [3.8, 4) is 0 Å². The van der Waals surface area contributed by atoms with Crippen LogP contribution in [0, 0.1) is 0 Å². The monoisotopic (exact) mass is 370 g/mol. The number of likely N-dealkylation sites (tertiary alicyclic amines) is 1. The molecule has 7 heteroatoms. The summed E-state index contributed by atoms with van der Waals surface area (Å²) in [5, 5.41) is 10.2. The highest BCUT2D eigenvalue weighted by Gasteiger charge is 2.27. The van der Waals surface area contributed by atoms with Gasteiger partial charge in [-0.15, -0.1) is 0 Å². The van der Waals surface area contributed by atoms with E-state index in [1.54, 1.807) is 13.4 Å². The maximum atomic E-state index is 11.1. The van der Waals surface area contributed by atoms with Crippen LogP contribution in [0.1, 0.15) is 37.3 Å². The summed E-state index contributed by atoms with van der Waals surface area (Å²) < 4.78 is 5.38. The Balaban J connectivity index is 1.59. The van der Waals surface area contributed by atoms with E-state index in [1.165, 1.54) is 17.0 Å². The molecule has 27 heavy (non-hydrogen) atoms. The van der Waals surface area contributed by atoms with E-state index >= 15 is 0 Å². The van der Waals surface area contributed by atoms with Gasteiger partial charge in [-0.3, -0.25) is 0 Å². The van der Waals surface area contributed by atoms with E-state index in [0.29, 0.717) is 19.1 Å². The fourth-order valence-electron chi connectivity index (χ4n) is 4.46. The van der Waals surface area contributed by atoms with Crippen molar-refractivity contribution in [1.29, 1.82) is 0 Å². The lowest BCUT2D eigenvalue weighted by atomic mass is 9.91. The Bertz CT molecular complexity index is 820. The molecular weight excluding hydrogens is 344 g/mol. The van der Waals surface area contributed by atoms with Crippen LogP contribution < -0.4 is 4.90 Å². The number of piperidine rings is 1. The second kappa shape index (κ2) is 7.68. The smallest absolute Gasteiger partial charge is 0.407 e. The van der Waals surface area contributed by atoms with E-state index in [2.05, 4.69) is 33.1 Å². The van der Waals surface area contributed by atoms with Crippen molar-refractivity contribution in [1.82, 2.24) is 14.9 Å². The lowest BCUT2D eigenvalue weighted by Gasteiger charge is -2.30. The Morgan fingerprint density at radius 1 is 1.22 bits per heavy atom. The van der Waals surface area contributed by atoms with Crippen molar-refractivity contribution in [2.24, 2.45) is 0 Å². The molecule has 0 spiro atoms. The molecule has 2 aromatic rings. The molecule has 1 N–H and O–H groups in total. The molecule has 144 valence electrons. The zero-order valence-electron chi connectivity index (χ0n) is 15.7. The Labute approximate surface area is 159 Å². The maximum absolute atomic E-state index is 11.1. The summed E-state index contributed by atoms with van der Waals surface area (Å²) in [6, 6.07) is 6.87. The van der Waals surface area contributed by atoms with Gasteiger partial charge in [-0.25, -0.2) is 14.8 Å². The van der Waals surface area contributed by atoms with Crippen molar-refractivity contribution in [3.05, 3.63) is 30.2 Å². The molecular formula is C20H26N4O3. The fraction of sp³-hybridized carbons (Fsp3) is 0.550. The van der Waals surface area contributed by atoms with E-state index in [9.17, 15) is 4.79 Å². The maximum Gasteiger partial charge on any atom is 0.407 e. The minimum absolute atomic E-state index is 0.282. The number of rotatable bonds is 4. The molecule has 3 heterocycles. The summed E-state index contributed by atoms with van der Waals surface area (Å²) in [4.78, 5) is 24.1. The van der Waals surface area contributed by atoms with Gasteiger partial charge in [-0.05, 0) is 43.9 Å². The number of anilines is 1. The van der Waals surface area contributed by atoms with E-state index in [-0.39, 0.29) is 5.92 Å². The number of hydrogen-bond donors (Lipinski definition) is 1. The summed E-state index contributed by atoms with van der Waals surface area (Å²) in [6.07, 6.45) is 4.76. The standard InChI is InChI=1S/C20H26N4O3/c1-27-12-16-3-2-8-24(16)15-4-5-17-18(11-15)21-13-22-19(17)14-6-9-23(10-7-14)20(25)26/h4-5,11,13-14,16H,2-3,6-10,12H2,1H3,(H,25,26). The molecule has 0 bridgehead atoms. The normalized spacial score (nSPS) is 21.1. The van der Waals surface area contributed by atoms with E-state index in [1.807, 2.05) is 0 Å². The number of fused-ring (bicyclic) bond motifs is 1. The van der Waals surface area contributed by atoms with Gasteiger partial charge in [-0.2, -0.15) is 0 Å². The zero-order chi connectivity index (χ0) is 18.8. The number of carboxylic acid groups (broad SMARTS) is 1. The van der Waals surface area contributed by atoms with Gasteiger partial charge in [-0.1, -0.05) is 0 Å². The highest BCUT2D eigenvalue weighted by molar-refractivity contribution is 5.84. The van der Waals surface area contributed by atoms with E-state index < -0.39 is 6.09 Å². The molecule has 0 aliphatic carbocycles. The van der Waals surface area contributed by atoms with Crippen LogP contribution in [0.3, 0.4) is 0 Å². The molecule has 0 saturated carbocycles. The topological polar surface area (TPSA) is 78.8 Å². The lowest BCUT2D eigenvalue weighted by Crippen LogP contribution is -2.37. The first-order chi connectivity index (χ1) is 13.2. The van der Waals surface area contributed by atoms with Crippen molar-refractivity contribution in [2.75, 3.05) is 38.3 Å². The summed E-state index contributed by atoms with van der Waals surface area (Å²) in [5.41, 5.74) is 3.19. The molecule has 1 atom stereocenters. The summed E-state index contributed by atoms with van der Waals surface area (Å²) >= 11 is 0. The number of aromatic nitrogens is 2. The van der Waals surface area contributed by atoms with Gasteiger partial charge < -0.3 is 19.6 Å². The van der Waals surface area contributed by atoms with Crippen LogP contribution in [0.4, 0.5) is 10.5 Å². The molecule has 4 rings (SSSR count). The first kappa shape index (κ1) is 18.0. The van der Waals surface area contributed by atoms with Gasteiger partial charge in [0.05, 0.1) is 23.9 Å². The Hall–Kier alpha value is -2.41. The van der Waals surface area contributed by atoms with Crippen LogP contribution in [0.25, 0.3) is 10.9 Å². The third-order valence-electron chi connectivity index (χ3n) is 5.87. The minimum atomic E-state index is -0.832. The van der Waals surface area contributed by atoms with Crippen LogP contribution >= 0.6 is 0 Å². The van der Waals surface area contributed by atoms with Gasteiger partial charge in [0.1, 0.15) is 6.33 Å². The number of nitrogens with zero attached hydrogens (tertiary/aromatic N) is 4. The van der Waals surface area contributed by atoms with Crippen LogP contribution in [0.5, 0.6) is 0 Å². The third kappa shape index (κ3) is 3.56. The first-order valence-electron chi connectivity index (χ1n) is 9.65. The van der Waals surface area contributed by atoms with Crippen molar-refractivity contribution >= 4 is 22.7 Å². The van der Waals surface area contributed by atoms with Gasteiger partial charge in [0.25, 0.3) is 0 Å². The number of carbonyl (C=O) groups is 1. The minimum Gasteiger partial charge on any atom is -0.465 e. The highest BCUT2D eigenvalue weighted by Crippen LogP contribution is 2.33. The Morgan fingerprint density at radius 3 is 2.78 bits per heavy atom. The molecule has 1 unspecified atom stereocenters. The molecule has 1 aromatic heterocycles. The molecule has 2 saturated heterocycles. The predicted molar refractivity (Wildman–Crippen MR) is 103 cm³/mol. The summed E-state index contributed by atoms with van der Waals surface area (Å²) in [7, 11) is 1.76. The van der Waals surface area contributed by atoms with Crippen molar-refractivity contribution < 1.29 is 14.6 Å². The van der Waals surface area contributed by atoms with Crippen LogP contribution in [0.2, 0.25) is 0 Å². The van der Waals surface area contributed by atoms with Gasteiger partial charge in [0.2, 0.25) is 0 Å². The largest absolute Gasteiger partial charge is 0.465 e. The van der Waals surface area contributed by atoms with Gasteiger partial charge >= 0.3 is 6.09 Å². The number of amides is 1. The van der Waals surface area contributed by atoms with Crippen molar-refractivity contribution in [3.63, 3.8) is 0 Å². The number of methoxy groups -OCH3 is 1. The van der Waals surface area contributed by atoms with Gasteiger partial charge in [0, 0.05) is 43.7 Å². The quantitative estimate of drug-likeness (QED) is 0.891. The summed E-state index contributed by atoms with van der Waals surface area (Å²) in [6.45, 7) is 2.92. The fourth-order valence-corrected chi connectivity index (χ4v) is 4.46. The van der Waals surface area contributed by atoms with E-state index in [4.69, 9.17) is 9.84 Å². The molecule has 2 aliphatic rings. The lowest BCUT2D eigenvalue weighted by molar-refractivity contribution is 0.132. The third-order valence-corrected chi connectivity index (χ3v) is 5.87. The average Bonchev–Trinajstić information content (AvgIpc) is 3.16. The highest BCUT2D eigenvalue weighted by atomic mass is 16.5. The average molecular weight is 370 g/mol. The second-order valence-corrected chi connectivity index (χ2v) is 7.45. The second-order valence-electron chi connectivity index (χ2n) is 7.45. The van der Waals surface area contributed by atoms with Crippen LogP contribution in [-0.2, 0) is 4.74 Å². The summed E-state index contributed by atoms with van der Waals surface area (Å²) in [5.74, 6) is 0.282. The Morgan fingerprint density at radius 2 is 2.04 bits per heavy atom. The number of hydrogen-bond acceptors (Lipinski definition) is 5. The van der Waals surface area contributed by atoms with E-state index in [0.717, 1.165) is 49.0 Å². The molecule has 0 radical (unpaired) electrons. The SMILES string of the molecule is COCC1CCCN1c1ccc2c(C3CCN(C(=O)O)CC3)ncnc2c1. The Kier molecular flexibility index (Phi) is 5.11. The molecule has 2 fully saturated rings. The molecule has 7 nitrogen and oxygen atoms in total. The molecule has 2 aliphatic heterocycles. The zero-order valence-corrected chi connectivity index (χ0v) is 15.7. The van der Waals surface area contributed by atoms with Crippen LogP contribution in [-0.4, -0.2) is 65.5 Å². The van der Waals surface area contributed by atoms with Crippen molar-refractivity contribution in [2.45, 2.75) is 37.6 Å². The number of ether oxygens (including phenoxy) is 1. The number of benzene rings is 1. The van der Waals surface area contributed by atoms with Gasteiger partial charge in [0.15, 0.2) is 0 Å². The molecule has 1 amide bonds. The van der Waals surface area contributed by atoms with Crippen LogP contribution in [0.15, 0.2) is 24.5 Å². The predicted octanol–water partition coefficient (Wildman–Crippen LogP) is 3.10. The first-order valence-corrected chi connectivity index (χ1v) is 9.65.